The van der Waals surface area contributed by atoms with E-state index in [1.807, 2.05) is 12.1 Å². The largest absolute Gasteiger partial charge is 0.493 e. The van der Waals surface area contributed by atoms with Gasteiger partial charge in [-0.3, -0.25) is 4.79 Å². The quantitative estimate of drug-likeness (QED) is 0.563. The Hall–Kier alpha value is -1.73. The summed E-state index contributed by atoms with van der Waals surface area (Å²) in [7, 11) is 0. The number of likely N-dealkylation sites (tertiary alicyclic amines) is 1. The van der Waals surface area contributed by atoms with Crippen molar-refractivity contribution in [3.8, 4) is 5.75 Å². The van der Waals surface area contributed by atoms with Gasteiger partial charge in [0.05, 0.1) is 13.2 Å². The van der Waals surface area contributed by atoms with Crippen LogP contribution in [0, 0.1) is 0 Å². The first-order valence-electron chi connectivity index (χ1n) is 7.32. The molecule has 0 radical (unpaired) electrons. The molecule has 6 nitrogen and oxygen atoms in total. The number of amides is 1. The van der Waals surface area contributed by atoms with Crippen LogP contribution in [0.15, 0.2) is 33.9 Å². The lowest BCUT2D eigenvalue weighted by molar-refractivity contribution is -0.128. The molecule has 2 aromatic rings. The average Bonchev–Trinajstić information content (AvgIpc) is 3.14. The second kappa shape index (κ2) is 7.70. The number of thioether (sulfide) groups is 1. The normalized spacial score (nSPS) is 14.5. The highest BCUT2D eigenvalue weighted by Gasteiger charge is 2.22. The van der Waals surface area contributed by atoms with E-state index in [4.69, 9.17) is 20.8 Å². The van der Waals surface area contributed by atoms with Gasteiger partial charge in [-0.2, -0.15) is 0 Å². The molecular weight excluding hydrogens is 338 g/mol. The van der Waals surface area contributed by atoms with Gasteiger partial charge in [0.2, 0.25) is 11.8 Å². The van der Waals surface area contributed by atoms with Gasteiger partial charge in [0.25, 0.3) is 5.22 Å². The molecule has 1 aromatic carbocycles. The molecule has 122 valence electrons. The molecule has 0 bridgehead atoms. The predicted octanol–water partition coefficient (Wildman–Crippen LogP) is 3.02. The Kier molecular flexibility index (Phi) is 5.40. The van der Waals surface area contributed by atoms with E-state index in [0.717, 1.165) is 18.7 Å². The molecule has 1 aromatic heterocycles. The van der Waals surface area contributed by atoms with Crippen molar-refractivity contribution < 1.29 is 13.9 Å². The van der Waals surface area contributed by atoms with Crippen LogP contribution in [0.3, 0.4) is 0 Å². The van der Waals surface area contributed by atoms with E-state index >= 15 is 0 Å². The first-order valence-corrected chi connectivity index (χ1v) is 8.68. The number of hydrogen-bond acceptors (Lipinski definition) is 6. The molecule has 1 aliphatic heterocycles. The number of benzene rings is 1. The minimum atomic E-state index is 0.146. The molecule has 3 rings (SSSR count). The zero-order valence-corrected chi connectivity index (χ0v) is 14.0. The fraction of sp³-hybridized carbons (Fsp3) is 0.400. The number of hydrogen-bond donors (Lipinski definition) is 0. The van der Waals surface area contributed by atoms with Gasteiger partial charge in [-0.25, -0.2) is 0 Å². The zero-order chi connectivity index (χ0) is 16.1. The number of aromatic nitrogens is 2. The zero-order valence-electron chi connectivity index (χ0n) is 12.4. The third kappa shape index (κ3) is 4.62. The van der Waals surface area contributed by atoms with Crippen LogP contribution in [0.4, 0.5) is 0 Å². The number of nitrogens with zero attached hydrogens (tertiary/aromatic N) is 3. The van der Waals surface area contributed by atoms with Gasteiger partial charge in [-0.15, -0.1) is 10.2 Å². The van der Waals surface area contributed by atoms with E-state index in [9.17, 15) is 4.79 Å². The highest BCUT2D eigenvalue weighted by molar-refractivity contribution is 7.99. The Morgan fingerprint density at radius 1 is 1.39 bits per heavy atom. The van der Waals surface area contributed by atoms with Gasteiger partial charge in [-0.1, -0.05) is 29.4 Å². The van der Waals surface area contributed by atoms with Crippen LogP contribution in [-0.4, -0.2) is 39.9 Å². The highest BCUT2D eigenvalue weighted by Crippen LogP contribution is 2.20. The Balaban J connectivity index is 1.41. The van der Waals surface area contributed by atoms with Crippen molar-refractivity contribution in [1.82, 2.24) is 15.1 Å². The molecule has 0 aliphatic carbocycles. The van der Waals surface area contributed by atoms with Gasteiger partial charge in [-0.05, 0) is 24.6 Å². The molecule has 1 fully saturated rings. The summed E-state index contributed by atoms with van der Waals surface area (Å²) >= 11 is 7.31. The van der Waals surface area contributed by atoms with Crippen LogP contribution in [0.25, 0.3) is 0 Å². The van der Waals surface area contributed by atoms with Crippen molar-refractivity contribution in [2.75, 3.05) is 18.9 Å². The number of carbonyl (C=O) groups excluding carboxylic acids is 1. The summed E-state index contributed by atoms with van der Waals surface area (Å²) in [6, 6.07) is 7.27. The molecule has 1 saturated heterocycles. The molecule has 23 heavy (non-hydrogen) atoms. The summed E-state index contributed by atoms with van der Waals surface area (Å²) in [6.45, 7) is 1.66. The van der Waals surface area contributed by atoms with Gasteiger partial charge >= 0.3 is 0 Å². The number of halogens is 1. The van der Waals surface area contributed by atoms with E-state index in [1.165, 1.54) is 11.8 Å². The van der Waals surface area contributed by atoms with E-state index in [1.54, 1.807) is 17.0 Å². The van der Waals surface area contributed by atoms with Crippen LogP contribution in [0.5, 0.6) is 5.75 Å². The lowest BCUT2D eigenvalue weighted by Crippen LogP contribution is -2.23. The van der Waals surface area contributed by atoms with Crippen molar-refractivity contribution >= 4 is 29.3 Å². The molecular formula is C15H16ClN3O3S. The van der Waals surface area contributed by atoms with Gasteiger partial charge in [0.15, 0.2) is 0 Å². The molecule has 0 spiro atoms. The Morgan fingerprint density at radius 3 is 3.09 bits per heavy atom. The van der Waals surface area contributed by atoms with Crippen molar-refractivity contribution in [2.45, 2.75) is 24.6 Å². The minimum Gasteiger partial charge on any atom is -0.493 e. The second-order valence-corrected chi connectivity index (χ2v) is 6.52. The van der Waals surface area contributed by atoms with Crippen LogP contribution < -0.4 is 4.74 Å². The monoisotopic (exact) mass is 353 g/mol. The van der Waals surface area contributed by atoms with Crippen molar-refractivity contribution in [3.05, 3.63) is 35.2 Å². The maximum atomic E-state index is 11.6. The molecule has 0 atom stereocenters. The Bertz CT molecular complexity index is 679. The van der Waals surface area contributed by atoms with Crippen molar-refractivity contribution in [2.24, 2.45) is 0 Å². The third-order valence-electron chi connectivity index (χ3n) is 3.32. The first kappa shape index (κ1) is 16.1. The molecule has 8 heteroatoms. The van der Waals surface area contributed by atoms with Crippen LogP contribution in [0.2, 0.25) is 5.02 Å². The summed E-state index contributed by atoms with van der Waals surface area (Å²) in [4.78, 5) is 13.3. The minimum absolute atomic E-state index is 0.146. The highest BCUT2D eigenvalue weighted by atomic mass is 35.5. The number of rotatable bonds is 7. The van der Waals surface area contributed by atoms with E-state index in [0.29, 0.717) is 41.5 Å². The molecule has 2 heterocycles. The maximum Gasteiger partial charge on any atom is 0.276 e. The average molecular weight is 354 g/mol. The summed E-state index contributed by atoms with van der Waals surface area (Å²) in [5.41, 5.74) is 0. The predicted molar refractivity (Wildman–Crippen MR) is 86.6 cm³/mol. The fourth-order valence-corrected chi connectivity index (χ4v) is 3.02. The summed E-state index contributed by atoms with van der Waals surface area (Å²) in [6.07, 6.45) is 1.51. The van der Waals surface area contributed by atoms with Crippen LogP contribution in [-0.2, 0) is 11.3 Å². The summed E-state index contributed by atoms with van der Waals surface area (Å²) < 4.78 is 11.1. The number of carbonyl (C=O) groups is 1. The Morgan fingerprint density at radius 2 is 2.30 bits per heavy atom. The Labute approximate surface area is 143 Å². The van der Waals surface area contributed by atoms with Crippen molar-refractivity contribution in [3.63, 3.8) is 0 Å². The van der Waals surface area contributed by atoms with Gasteiger partial charge < -0.3 is 14.1 Å². The first-order chi connectivity index (χ1) is 11.2. The number of ether oxygens (including phenoxy) is 1. The maximum absolute atomic E-state index is 11.6. The van der Waals surface area contributed by atoms with E-state index in [-0.39, 0.29) is 5.91 Å². The fourth-order valence-electron chi connectivity index (χ4n) is 2.24. The van der Waals surface area contributed by atoms with Crippen molar-refractivity contribution in [1.29, 1.82) is 0 Å². The van der Waals surface area contributed by atoms with E-state index < -0.39 is 0 Å². The van der Waals surface area contributed by atoms with E-state index in [2.05, 4.69) is 10.2 Å². The molecule has 0 saturated carbocycles. The molecule has 1 aliphatic rings. The standard InChI is InChI=1S/C15H16ClN3O3S/c16-11-3-1-4-12(9-11)21-7-8-23-15-18-17-13(22-15)10-19-6-2-5-14(19)20/h1,3-4,9H,2,5-8,10H2. The van der Waals surface area contributed by atoms with Crippen LogP contribution >= 0.6 is 23.4 Å². The SMILES string of the molecule is O=C1CCCN1Cc1nnc(SCCOc2cccc(Cl)c2)o1. The molecule has 0 N–H and O–H groups in total. The lowest BCUT2D eigenvalue weighted by atomic mass is 10.3. The topological polar surface area (TPSA) is 68.5 Å². The molecule has 1 amide bonds. The second-order valence-electron chi connectivity index (χ2n) is 5.03. The smallest absolute Gasteiger partial charge is 0.276 e. The third-order valence-corrected chi connectivity index (χ3v) is 4.34. The van der Waals surface area contributed by atoms with Crippen LogP contribution in [0.1, 0.15) is 18.7 Å². The van der Waals surface area contributed by atoms with Gasteiger partial charge in [0.1, 0.15) is 5.75 Å². The lowest BCUT2D eigenvalue weighted by Gasteiger charge is -2.11. The molecule has 0 unspecified atom stereocenters. The summed E-state index contributed by atoms with van der Waals surface area (Å²) in [5, 5.41) is 9.08. The van der Waals surface area contributed by atoms with Gasteiger partial charge in [0, 0.05) is 23.7 Å². The summed E-state index contributed by atoms with van der Waals surface area (Å²) in [5.74, 6) is 2.03.